The van der Waals surface area contributed by atoms with E-state index in [2.05, 4.69) is 15.5 Å². The Bertz CT molecular complexity index is 343. The van der Waals surface area contributed by atoms with Crippen LogP contribution in [0.15, 0.2) is 4.52 Å². The summed E-state index contributed by atoms with van der Waals surface area (Å²) in [7, 11) is 0. The topological polar surface area (TPSA) is 51.0 Å². The Morgan fingerprint density at radius 1 is 1.25 bits per heavy atom. The predicted molar refractivity (Wildman–Crippen MR) is 63.3 cm³/mol. The molecule has 3 rings (SSSR count). The molecule has 2 aliphatic rings. The van der Waals surface area contributed by atoms with E-state index in [-0.39, 0.29) is 0 Å². The number of piperidine rings is 1. The molecule has 0 amide bonds. The molecule has 0 bridgehead atoms. The molecule has 2 saturated heterocycles. The summed E-state index contributed by atoms with van der Waals surface area (Å²) in [5, 5.41) is 8.04. The molecule has 2 unspecified atom stereocenters. The minimum atomic E-state index is 0.293. The van der Waals surface area contributed by atoms with E-state index in [0.29, 0.717) is 11.3 Å². The zero-order valence-corrected chi connectivity index (χ0v) is 10.1. The minimum Gasteiger partial charge on any atom is -0.338 e. The fourth-order valence-corrected chi connectivity index (χ4v) is 3.56. The van der Waals surface area contributed by atoms with E-state index in [9.17, 15) is 0 Å². The van der Waals surface area contributed by atoms with Gasteiger partial charge in [0.05, 0.1) is 11.3 Å². The smallest absolute Gasteiger partial charge is 0.243 e. The van der Waals surface area contributed by atoms with Gasteiger partial charge in [0, 0.05) is 0 Å². The van der Waals surface area contributed by atoms with Crippen LogP contribution in [0.4, 0.5) is 0 Å². The fraction of sp³-hybridized carbons (Fsp3) is 0.818. The van der Waals surface area contributed by atoms with Crippen molar-refractivity contribution in [2.75, 3.05) is 12.3 Å². The maximum absolute atomic E-state index is 5.38. The minimum absolute atomic E-state index is 0.293. The number of thioether (sulfide) groups is 1. The highest BCUT2D eigenvalue weighted by molar-refractivity contribution is 7.99. The monoisotopic (exact) mass is 239 g/mol. The van der Waals surface area contributed by atoms with Gasteiger partial charge in [0.15, 0.2) is 5.82 Å². The van der Waals surface area contributed by atoms with Crippen molar-refractivity contribution in [1.29, 1.82) is 0 Å². The zero-order valence-electron chi connectivity index (χ0n) is 9.32. The van der Waals surface area contributed by atoms with Crippen LogP contribution >= 0.6 is 11.8 Å². The predicted octanol–water partition coefficient (Wildman–Crippen LogP) is 2.45. The normalized spacial score (nSPS) is 30.8. The first kappa shape index (κ1) is 10.6. The van der Waals surface area contributed by atoms with Gasteiger partial charge in [-0.15, -0.1) is 0 Å². The number of aromatic nitrogens is 2. The average molecular weight is 239 g/mol. The van der Waals surface area contributed by atoms with E-state index >= 15 is 0 Å². The molecule has 0 spiro atoms. The Labute approximate surface area is 99.6 Å². The highest BCUT2D eigenvalue weighted by atomic mass is 32.2. The molecule has 16 heavy (non-hydrogen) atoms. The highest BCUT2D eigenvalue weighted by Gasteiger charge is 2.26. The van der Waals surface area contributed by atoms with Crippen molar-refractivity contribution in [3.63, 3.8) is 0 Å². The lowest BCUT2D eigenvalue weighted by molar-refractivity contribution is 0.296. The lowest BCUT2D eigenvalue weighted by Crippen LogP contribution is -2.27. The largest absolute Gasteiger partial charge is 0.338 e. The van der Waals surface area contributed by atoms with E-state index in [4.69, 9.17) is 4.52 Å². The summed E-state index contributed by atoms with van der Waals surface area (Å²) in [5.74, 6) is 2.93. The molecule has 2 aliphatic heterocycles. The van der Waals surface area contributed by atoms with Crippen LogP contribution in [0.2, 0.25) is 0 Å². The SMILES string of the molecule is C1CCC(c2nc(C3CCCS3)no2)NC1. The summed E-state index contributed by atoms with van der Waals surface area (Å²) < 4.78 is 5.38. The van der Waals surface area contributed by atoms with Crippen molar-refractivity contribution in [2.45, 2.75) is 43.4 Å². The van der Waals surface area contributed by atoms with Gasteiger partial charge in [0.25, 0.3) is 0 Å². The Kier molecular flexibility index (Phi) is 3.15. The van der Waals surface area contributed by atoms with Crippen molar-refractivity contribution < 1.29 is 4.52 Å². The zero-order chi connectivity index (χ0) is 10.8. The molecule has 1 aromatic rings. The van der Waals surface area contributed by atoms with Gasteiger partial charge in [-0.1, -0.05) is 11.6 Å². The number of hydrogen-bond donors (Lipinski definition) is 1. The average Bonchev–Trinajstić information content (AvgIpc) is 3.01. The van der Waals surface area contributed by atoms with Crippen LogP contribution in [-0.2, 0) is 0 Å². The van der Waals surface area contributed by atoms with Crippen LogP contribution in [0.25, 0.3) is 0 Å². The van der Waals surface area contributed by atoms with Gasteiger partial charge in [-0.25, -0.2) is 0 Å². The van der Waals surface area contributed by atoms with Crippen LogP contribution in [0.3, 0.4) is 0 Å². The summed E-state index contributed by atoms with van der Waals surface area (Å²) in [6.45, 7) is 1.07. The third-order valence-electron chi connectivity index (χ3n) is 3.28. The molecule has 0 saturated carbocycles. The Morgan fingerprint density at radius 3 is 3.00 bits per heavy atom. The molecule has 3 heterocycles. The maximum Gasteiger partial charge on any atom is 0.243 e. The first-order chi connectivity index (χ1) is 7.93. The second-order valence-electron chi connectivity index (χ2n) is 4.49. The maximum atomic E-state index is 5.38. The van der Waals surface area contributed by atoms with Crippen LogP contribution in [0.5, 0.6) is 0 Å². The van der Waals surface area contributed by atoms with E-state index in [1.54, 1.807) is 0 Å². The second-order valence-corrected chi connectivity index (χ2v) is 5.81. The lowest BCUT2D eigenvalue weighted by atomic mass is 10.1. The molecule has 5 heteroatoms. The summed E-state index contributed by atoms with van der Waals surface area (Å²) in [4.78, 5) is 4.55. The van der Waals surface area contributed by atoms with Gasteiger partial charge in [-0.2, -0.15) is 16.7 Å². The first-order valence-corrected chi connectivity index (χ1v) is 7.17. The summed E-state index contributed by atoms with van der Waals surface area (Å²) >= 11 is 1.95. The molecule has 0 radical (unpaired) electrons. The number of hydrogen-bond acceptors (Lipinski definition) is 5. The van der Waals surface area contributed by atoms with E-state index in [1.807, 2.05) is 11.8 Å². The van der Waals surface area contributed by atoms with Gasteiger partial charge in [0.1, 0.15) is 0 Å². The second kappa shape index (κ2) is 4.75. The third-order valence-corrected chi connectivity index (χ3v) is 4.66. The first-order valence-electron chi connectivity index (χ1n) is 6.12. The highest BCUT2D eigenvalue weighted by Crippen LogP contribution is 2.38. The van der Waals surface area contributed by atoms with E-state index in [1.165, 1.54) is 31.4 Å². The van der Waals surface area contributed by atoms with Crippen LogP contribution < -0.4 is 5.32 Å². The Balaban J connectivity index is 1.71. The van der Waals surface area contributed by atoms with Crippen molar-refractivity contribution in [3.05, 3.63) is 11.7 Å². The molecular formula is C11H17N3OS. The standard InChI is InChI=1S/C11H17N3OS/c1-2-6-12-8(4-1)11-13-10(14-15-11)9-5-3-7-16-9/h8-9,12H,1-7H2. The van der Waals surface area contributed by atoms with Crippen LogP contribution in [0.1, 0.15) is 55.1 Å². The Hall–Kier alpha value is -0.550. The van der Waals surface area contributed by atoms with Gasteiger partial charge < -0.3 is 9.84 Å². The van der Waals surface area contributed by atoms with E-state index in [0.717, 1.165) is 24.7 Å². The molecule has 1 N–H and O–H groups in total. The fourth-order valence-electron chi connectivity index (χ4n) is 2.36. The van der Waals surface area contributed by atoms with Gasteiger partial charge in [0.2, 0.25) is 5.89 Å². The van der Waals surface area contributed by atoms with Crippen molar-refractivity contribution in [1.82, 2.24) is 15.5 Å². The summed E-state index contributed by atoms with van der Waals surface area (Å²) in [5.41, 5.74) is 0. The quantitative estimate of drug-likeness (QED) is 0.859. The van der Waals surface area contributed by atoms with E-state index < -0.39 is 0 Å². The number of rotatable bonds is 2. The molecule has 1 aromatic heterocycles. The molecule has 2 fully saturated rings. The van der Waals surface area contributed by atoms with Crippen molar-refractivity contribution in [2.24, 2.45) is 0 Å². The lowest BCUT2D eigenvalue weighted by Gasteiger charge is -2.19. The third kappa shape index (κ3) is 2.11. The summed E-state index contributed by atoms with van der Waals surface area (Å²) in [6, 6.07) is 0.293. The molecule has 4 nitrogen and oxygen atoms in total. The molecule has 0 aromatic carbocycles. The van der Waals surface area contributed by atoms with Gasteiger partial charge in [-0.05, 0) is 38.0 Å². The molecule has 88 valence electrons. The summed E-state index contributed by atoms with van der Waals surface area (Å²) in [6.07, 6.45) is 6.12. The van der Waals surface area contributed by atoms with Gasteiger partial charge in [-0.3, -0.25) is 0 Å². The number of nitrogens with zero attached hydrogens (tertiary/aromatic N) is 2. The van der Waals surface area contributed by atoms with Crippen LogP contribution in [-0.4, -0.2) is 22.4 Å². The van der Waals surface area contributed by atoms with Crippen molar-refractivity contribution in [3.8, 4) is 0 Å². The van der Waals surface area contributed by atoms with Gasteiger partial charge >= 0.3 is 0 Å². The molecule has 2 atom stereocenters. The molecular weight excluding hydrogens is 222 g/mol. The Morgan fingerprint density at radius 2 is 2.25 bits per heavy atom. The van der Waals surface area contributed by atoms with Crippen molar-refractivity contribution >= 4 is 11.8 Å². The number of nitrogens with one attached hydrogen (secondary N) is 1. The molecule has 0 aliphatic carbocycles. The van der Waals surface area contributed by atoms with Crippen LogP contribution in [0, 0.1) is 0 Å².